The number of hydrogen-bond acceptors (Lipinski definition) is 2. The van der Waals surface area contributed by atoms with Gasteiger partial charge in [0.1, 0.15) is 16.1 Å². The number of halogens is 2. The molecule has 2 nitrogen and oxygen atoms in total. The van der Waals surface area contributed by atoms with Crippen LogP contribution in [-0.2, 0) is 11.4 Å². The Morgan fingerprint density at radius 2 is 1.79 bits per heavy atom. The van der Waals surface area contributed by atoms with Crippen molar-refractivity contribution in [3.63, 3.8) is 0 Å². The standard InChI is InChI=1S/C9H17F2NOS/c1-8(2,3)14(13)12-7-5-6-9(4,10)11/h7H,5-6H2,1-4H3/b12-7+. The fraction of sp³-hybridized carbons (Fsp3) is 0.889. The number of alkyl halides is 2. The van der Waals surface area contributed by atoms with Crippen molar-refractivity contribution in [2.45, 2.75) is 51.2 Å². The van der Waals surface area contributed by atoms with Crippen molar-refractivity contribution in [2.24, 2.45) is 4.40 Å². The molecule has 0 spiro atoms. The van der Waals surface area contributed by atoms with Crippen LogP contribution in [0.4, 0.5) is 8.78 Å². The quantitative estimate of drug-likeness (QED) is 0.535. The van der Waals surface area contributed by atoms with Crippen molar-refractivity contribution < 1.29 is 13.3 Å². The SMILES string of the molecule is CC(F)(F)CC/C=N/[S+]([O-])C(C)(C)C. The Hall–Kier alpha value is -0.160. The van der Waals surface area contributed by atoms with Gasteiger partial charge in [-0.25, -0.2) is 8.78 Å². The lowest BCUT2D eigenvalue weighted by molar-refractivity contribution is 0.0154. The predicted molar refractivity (Wildman–Crippen MR) is 56.2 cm³/mol. The highest BCUT2D eigenvalue weighted by Crippen LogP contribution is 2.19. The lowest BCUT2D eigenvalue weighted by Crippen LogP contribution is -2.25. The van der Waals surface area contributed by atoms with Crippen LogP contribution in [0.3, 0.4) is 0 Å². The van der Waals surface area contributed by atoms with E-state index in [4.69, 9.17) is 0 Å². The summed E-state index contributed by atoms with van der Waals surface area (Å²) in [5, 5.41) is 0. The molecule has 0 aliphatic heterocycles. The van der Waals surface area contributed by atoms with Gasteiger partial charge in [0.25, 0.3) is 0 Å². The summed E-state index contributed by atoms with van der Waals surface area (Å²) in [6, 6.07) is 0. The molecule has 0 amide bonds. The van der Waals surface area contributed by atoms with Crippen molar-refractivity contribution in [3.05, 3.63) is 0 Å². The van der Waals surface area contributed by atoms with Gasteiger partial charge in [0.05, 0.1) is 6.21 Å². The van der Waals surface area contributed by atoms with E-state index in [1.54, 1.807) is 20.8 Å². The van der Waals surface area contributed by atoms with E-state index in [1.165, 1.54) is 6.21 Å². The highest BCUT2D eigenvalue weighted by Gasteiger charge is 2.26. The van der Waals surface area contributed by atoms with Crippen LogP contribution in [0.5, 0.6) is 0 Å². The molecule has 0 saturated heterocycles. The third-order valence-corrected chi connectivity index (χ3v) is 2.79. The van der Waals surface area contributed by atoms with Crippen molar-refractivity contribution in [2.75, 3.05) is 0 Å². The number of hydrogen-bond donors (Lipinski definition) is 0. The zero-order valence-corrected chi connectivity index (χ0v) is 9.83. The third kappa shape index (κ3) is 7.26. The van der Waals surface area contributed by atoms with Crippen LogP contribution in [0.1, 0.15) is 40.5 Å². The molecule has 0 aliphatic carbocycles. The predicted octanol–water partition coefficient (Wildman–Crippen LogP) is 2.95. The smallest absolute Gasteiger partial charge is 0.245 e. The molecule has 0 aromatic rings. The van der Waals surface area contributed by atoms with E-state index < -0.39 is 22.0 Å². The number of rotatable bonds is 4. The third-order valence-electron chi connectivity index (χ3n) is 1.41. The van der Waals surface area contributed by atoms with Crippen LogP contribution < -0.4 is 0 Å². The minimum absolute atomic E-state index is 0.158. The minimum Gasteiger partial charge on any atom is -0.591 e. The molecule has 0 rings (SSSR count). The summed E-state index contributed by atoms with van der Waals surface area (Å²) < 4.78 is 39.3. The first kappa shape index (κ1) is 13.8. The van der Waals surface area contributed by atoms with Crippen LogP contribution in [0, 0.1) is 0 Å². The Balaban J connectivity index is 3.85. The highest BCUT2D eigenvalue weighted by molar-refractivity contribution is 7.91. The first-order chi connectivity index (χ1) is 6.13. The van der Waals surface area contributed by atoms with Gasteiger partial charge in [-0.2, -0.15) is 0 Å². The normalized spacial score (nSPS) is 16.2. The second-order valence-corrected chi connectivity index (χ2v) is 6.19. The van der Waals surface area contributed by atoms with Gasteiger partial charge in [-0.05, 0) is 34.1 Å². The summed E-state index contributed by atoms with van der Waals surface area (Å²) in [5.74, 6) is -2.67. The second kappa shape index (κ2) is 5.07. The van der Waals surface area contributed by atoms with Gasteiger partial charge in [0.2, 0.25) is 5.92 Å². The molecule has 0 aliphatic rings. The maximum Gasteiger partial charge on any atom is 0.245 e. The average Bonchev–Trinajstić information content (AvgIpc) is 1.93. The van der Waals surface area contributed by atoms with Gasteiger partial charge in [-0.15, -0.1) is 0 Å². The van der Waals surface area contributed by atoms with Gasteiger partial charge in [-0.3, -0.25) is 0 Å². The minimum atomic E-state index is -2.67. The molecule has 0 N–H and O–H groups in total. The maximum absolute atomic E-state index is 12.3. The maximum atomic E-state index is 12.3. The molecule has 1 atom stereocenters. The van der Waals surface area contributed by atoms with Crippen molar-refractivity contribution in [3.8, 4) is 0 Å². The van der Waals surface area contributed by atoms with E-state index in [2.05, 4.69) is 4.40 Å². The Morgan fingerprint density at radius 3 is 2.14 bits per heavy atom. The van der Waals surface area contributed by atoms with Gasteiger partial charge < -0.3 is 4.55 Å². The molecule has 0 saturated carbocycles. The molecule has 0 aromatic carbocycles. The molecule has 0 aromatic heterocycles. The fourth-order valence-electron chi connectivity index (χ4n) is 0.597. The molecule has 84 valence electrons. The van der Waals surface area contributed by atoms with Crippen molar-refractivity contribution in [1.29, 1.82) is 0 Å². The van der Waals surface area contributed by atoms with E-state index in [-0.39, 0.29) is 12.8 Å². The Kier molecular flexibility index (Phi) is 5.01. The summed E-state index contributed by atoms with van der Waals surface area (Å²) in [6.45, 7) is 6.22. The van der Waals surface area contributed by atoms with Gasteiger partial charge in [-0.1, -0.05) is 4.40 Å². The Bertz CT molecular complexity index is 196. The molecular formula is C9H17F2NOS. The topological polar surface area (TPSA) is 35.4 Å². The van der Waals surface area contributed by atoms with Crippen molar-refractivity contribution in [1.82, 2.24) is 0 Å². The van der Waals surface area contributed by atoms with E-state index in [1.807, 2.05) is 0 Å². The van der Waals surface area contributed by atoms with Crippen LogP contribution in [-0.4, -0.2) is 21.4 Å². The fourth-order valence-corrected chi connectivity index (χ4v) is 1.15. The van der Waals surface area contributed by atoms with Gasteiger partial charge in [0, 0.05) is 6.42 Å². The van der Waals surface area contributed by atoms with Gasteiger partial charge in [0.15, 0.2) is 0 Å². The zero-order chi connectivity index (χ0) is 11.4. The van der Waals surface area contributed by atoms with Gasteiger partial charge >= 0.3 is 0 Å². The summed E-state index contributed by atoms with van der Waals surface area (Å²) in [6.07, 6.45) is 1.22. The summed E-state index contributed by atoms with van der Waals surface area (Å²) in [7, 11) is 0. The Morgan fingerprint density at radius 1 is 1.29 bits per heavy atom. The molecule has 5 heteroatoms. The van der Waals surface area contributed by atoms with Crippen molar-refractivity contribution >= 4 is 17.6 Å². The van der Waals surface area contributed by atoms with Crippen LogP contribution in [0.15, 0.2) is 4.40 Å². The van der Waals surface area contributed by atoms with E-state index in [9.17, 15) is 13.3 Å². The Labute approximate surface area is 87.1 Å². The lowest BCUT2D eigenvalue weighted by atomic mass is 10.2. The largest absolute Gasteiger partial charge is 0.591 e. The first-order valence-electron chi connectivity index (χ1n) is 4.45. The average molecular weight is 225 g/mol. The lowest BCUT2D eigenvalue weighted by Gasteiger charge is -2.17. The molecule has 0 radical (unpaired) electrons. The summed E-state index contributed by atoms with van der Waals surface area (Å²) in [4.78, 5) is 0. The second-order valence-electron chi connectivity index (χ2n) is 4.26. The van der Waals surface area contributed by atoms with Crippen LogP contribution >= 0.6 is 0 Å². The van der Waals surface area contributed by atoms with E-state index in [0.717, 1.165) is 6.92 Å². The number of nitrogens with zero attached hydrogens (tertiary/aromatic N) is 1. The summed E-state index contributed by atoms with van der Waals surface area (Å²) in [5.41, 5.74) is 0. The van der Waals surface area contributed by atoms with E-state index in [0.29, 0.717) is 0 Å². The molecule has 0 bridgehead atoms. The first-order valence-corrected chi connectivity index (χ1v) is 5.56. The highest BCUT2D eigenvalue weighted by atomic mass is 32.2. The zero-order valence-electron chi connectivity index (χ0n) is 9.01. The van der Waals surface area contributed by atoms with Crippen LogP contribution in [0.2, 0.25) is 0 Å². The molecule has 0 heterocycles. The molecule has 1 unspecified atom stereocenters. The van der Waals surface area contributed by atoms with E-state index >= 15 is 0 Å². The molecule has 0 fully saturated rings. The monoisotopic (exact) mass is 225 g/mol. The molecular weight excluding hydrogens is 208 g/mol. The molecule has 14 heavy (non-hydrogen) atoms. The summed E-state index contributed by atoms with van der Waals surface area (Å²) >= 11 is -1.34. The van der Waals surface area contributed by atoms with Crippen LogP contribution in [0.25, 0.3) is 0 Å².